The third kappa shape index (κ3) is 3.09. The highest BCUT2D eigenvalue weighted by Gasteiger charge is 2.40. The second-order valence-corrected chi connectivity index (χ2v) is 6.84. The first-order chi connectivity index (χ1) is 11.6. The Morgan fingerprint density at radius 2 is 2.21 bits per heavy atom. The fourth-order valence-corrected chi connectivity index (χ4v) is 3.57. The molecule has 2 aliphatic heterocycles. The van der Waals surface area contributed by atoms with Crippen LogP contribution in [0.25, 0.3) is 0 Å². The highest BCUT2D eigenvalue weighted by Crippen LogP contribution is 2.30. The topological polar surface area (TPSA) is 76.4 Å². The van der Waals surface area contributed by atoms with Crippen LogP contribution in [0.5, 0.6) is 11.7 Å². The summed E-state index contributed by atoms with van der Waals surface area (Å²) in [6, 6.07) is 5.82. The van der Waals surface area contributed by atoms with E-state index >= 15 is 0 Å². The van der Waals surface area contributed by atoms with Crippen molar-refractivity contribution in [3.05, 3.63) is 40.3 Å². The Hall–Kier alpha value is -1.76. The van der Waals surface area contributed by atoms with Crippen LogP contribution in [0.1, 0.15) is 29.9 Å². The summed E-state index contributed by atoms with van der Waals surface area (Å²) in [5.74, 6) is 0.209. The molecule has 126 valence electrons. The third-order valence-electron chi connectivity index (χ3n) is 4.40. The molecular formula is C16H15Cl2N3O3. The summed E-state index contributed by atoms with van der Waals surface area (Å²) in [6.07, 6.45) is 4.57. The lowest BCUT2D eigenvalue weighted by atomic mass is 9.95. The van der Waals surface area contributed by atoms with E-state index < -0.39 is 0 Å². The second-order valence-electron chi connectivity index (χ2n) is 6.03. The molecule has 2 saturated heterocycles. The van der Waals surface area contributed by atoms with E-state index in [0.29, 0.717) is 27.9 Å². The number of nitrogens with zero attached hydrogens (tertiary/aromatic N) is 1. The highest BCUT2D eigenvalue weighted by atomic mass is 35.5. The summed E-state index contributed by atoms with van der Waals surface area (Å²) >= 11 is 11.8. The van der Waals surface area contributed by atoms with Gasteiger partial charge in [-0.3, -0.25) is 4.79 Å². The predicted octanol–water partition coefficient (Wildman–Crippen LogP) is 3.40. The summed E-state index contributed by atoms with van der Waals surface area (Å²) in [5.41, 5.74) is 0. The Bertz CT molecular complexity index is 780. The Morgan fingerprint density at radius 3 is 2.92 bits per heavy atom. The van der Waals surface area contributed by atoms with Gasteiger partial charge < -0.3 is 19.8 Å². The van der Waals surface area contributed by atoms with E-state index in [1.165, 1.54) is 12.6 Å². The summed E-state index contributed by atoms with van der Waals surface area (Å²) in [4.78, 5) is 16.2. The zero-order chi connectivity index (χ0) is 16.7. The van der Waals surface area contributed by atoms with Gasteiger partial charge >= 0.3 is 11.9 Å². The molecule has 0 spiro atoms. The molecule has 4 rings (SSSR count). The molecule has 2 bridgehead atoms. The number of oxazole rings is 1. The number of hydrogen-bond acceptors (Lipinski definition) is 5. The van der Waals surface area contributed by atoms with Gasteiger partial charge in [0.25, 0.3) is 5.89 Å². The fraction of sp³-hybridized carbons (Fsp3) is 0.375. The lowest BCUT2D eigenvalue weighted by Gasteiger charge is -2.20. The smallest absolute Gasteiger partial charge is 0.311 e. The Morgan fingerprint density at radius 1 is 1.33 bits per heavy atom. The number of ether oxygens (including phenoxy) is 1. The van der Waals surface area contributed by atoms with Gasteiger partial charge in [-0.2, -0.15) is 0 Å². The minimum atomic E-state index is -0.335. The number of carbonyl (C=O) groups is 1. The lowest BCUT2D eigenvalue weighted by molar-refractivity contribution is 0.0891. The minimum Gasteiger partial charge on any atom is -0.425 e. The number of hydrogen-bond donors (Lipinski definition) is 2. The number of carbonyl (C=O) groups excluding carboxylic acids is 1. The molecule has 3 unspecified atom stereocenters. The van der Waals surface area contributed by atoms with Crippen LogP contribution in [-0.2, 0) is 0 Å². The molecule has 0 aliphatic carbocycles. The van der Waals surface area contributed by atoms with Crippen molar-refractivity contribution in [1.29, 1.82) is 0 Å². The molecule has 0 radical (unpaired) electrons. The van der Waals surface area contributed by atoms with Gasteiger partial charge in [-0.25, -0.2) is 4.98 Å². The minimum absolute atomic E-state index is 0.0205. The third-order valence-corrected chi connectivity index (χ3v) is 5.14. The van der Waals surface area contributed by atoms with E-state index in [9.17, 15) is 4.79 Å². The number of fused-ring (bicyclic) bond motifs is 2. The second kappa shape index (κ2) is 6.27. The molecule has 6 nitrogen and oxygen atoms in total. The first kappa shape index (κ1) is 15.7. The van der Waals surface area contributed by atoms with Crippen molar-refractivity contribution in [1.82, 2.24) is 15.6 Å². The molecule has 24 heavy (non-hydrogen) atoms. The van der Waals surface area contributed by atoms with Gasteiger partial charge in [-0.1, -0.05) is 23.2 Å². The SMILES string of the molecule is O=C(NC1CC2CCC1N2)c1ncc(Oc2ccc(Cl)c(Cl)c2)o1. The lowest BCUT2D eigenvalue weighted by Crippen LogP contribution is -2.43. The van der Waals surface area contributed by atoms with Crippen LogP contribution in [0, 0.1) is 0 Å². The fourth-order valence-electron chi connectivity index (χ4n) is 3.28. The van der Waals surface area contributed by atoms with Crippen LogP contribution >= 0.6 is 23.2 Å². The number of amides is 1. The average molecular weight is 368 g/mol. The van der Waals surface area contributed by atoms with E-state index in [2.05, 4.69) is 15.6 Å². The summed E-state index contributed by atoms with van der Waals surface area (Å²) in [5, 5.41) is 7.24. The van der Waals surface area contributed by atoms with Gasteiger partial charge in [0.15, 0.2) is 0 Å². The number of halogens is 2. The molecule has 0 saturated carbocycles. The molecule has 2 aromatic rings. The highest BCUT2D eigenvalue weighted by molar-refractivity contribution is 6.42. The van der Waals surface area contributed by atoms with Crippen molar-refractivity contribution < 1.29 is 13.9 Å². The molecule has 3 heterocycles. The predicted molar refractivity (Wildman–Crippen MR) is 88.9 cm³/mol. The molecule has 2 fully saturated rings. The molecule has 1 aromatic carbocycles. The summed E-state index contributed by atoms with van der Waals surface area (Å²) < 4.78 is 10.9. The van der Waals surface area contributed by atoms with Gasteiger partial charge in [0.2, 0.25) is 0 Å². The monoisotopic (exact) mass is 367 g/mol. The maximum atomic E-state index is 12.3. The normalized spacial score (nSPS) is 25.0. The van der Waals surface area contributed by atoms with E-state index in [1.807, 2.05) is 0 Å². The summed E-state index contributed by atoms with van der Waals surface area (Å²) in [7, 11) is 0. The first-order valence-electron chi connectivity index (χ1n) is 7.74. The van der Waals surface area contributed by atoms with Crippen LogP contribution < -0.4 is 15.4 Å². The molecular weight excluding hydrogens is 353 g/mol. The van der Waals surface area contributed by atoms with Crippen LogP contribution in [0.3, 0.4) is 0 Å². The number of rotatable bonds is 4. The van der Waals surface area contributed by atoms with Crippen molar-refractivity contribution in [3.8, 4) is 11.7 Å². The largest absolute Gasteiger partial charge is 0.425 e. The maximum absolute atomic E-state index is 12.3. The van der Waals surface area contributed by atoms with Crippen molar-refractivity contribution in [2.45, 2.75) is 37.4 Å². The van der Waals surface area contributed by atoms with Gasteiger partial charge in [-0.15, -0.1) is 0 Å². The van der Waals surface area contributed by atoms with Gasteiger partial charge in [0, 0.05) is 24.2 Å². The number of aromatic nitrogens is 1. The van der Waals surface area contributed by atoms with E-state index in [1.54, 1.807) is 18.2 Å². The van der Waals surface area contributed by atoms with Crippen LogP contribution in [0.15, 0.2) is 28.8 Å². The van der Waals surface area contributed by atoms with Crippen molar-refractivity contribution in [2.24, 2.45) is 0 Å². The van der Waals surface area contributed by atoms with E-state index in [4.69, 9.17) is 32.4 Å². The Kier molecular flexibility index (Phi) is 4.12. The van der Waals surface area contributed by atoms with E-state index in [-0.39, 0.29) is 23.8 Å². The Balaban J connectivity index is 1.40. The van der Waals surface area contributed by atoms with Crippen LogP contribution in [0.2, 0.25) is 10.0 Å². The number of nitrogens with one attached hydrogen (secondary N) is 2. The molecule has 1 amide bonds. The average Bonchev–Trinajstić information content (AvgIpc) is 3.27. The van der Waals surface area contributed by atoms with Gasteiger partial charge in [0.05, 0.1) is 10.0 Å². The first-order valence-corrected chi connectivity index (χ1v) is 8.50. The maximum Gasteiger partial charge on any atom is 0.311 e. The van der Waals surface area contributed by atoms with Crippen LogP contribution in [-0.4, -0.2) is 29.0 Å². The molecule has 8 heteroatoms. The molecule has 2 N–H and O–H groups in total. The molecule has 2 aliphatic rings. The molecule has 3 atom stereocenters. The standard InChI is InChI=1S/C16H15Cl2N3O3/c17-10-3-2-9(6-11(10)18)23-14-7-19-16(24-14)15(22)21-13-5-8-1-4-12(13)20-8/h2-3,6-8,12-13,20H,1,4-5H2,(H,21,22). The van der Waals surface area contributed by atoms with Crippen molar-refractivity contribution in [2.75, 3.05) is 0 Å². The van der Waals surface area contributed by atoms with Gasteiger partial charge in [0.1, 0.15) is 11.9 Å². The summed E-state index contributed by atoms with van der Waals surface area (Å²) in [6.45, 7) is 0. The zero-order valence-electron chi connectivity index (χ0n) is 12.6. The Labute approximate surface area is 148 Å². The van der Waals surface area contributed by atoms with Crippen LogP contribution in [0.4, 0.5) is 0 Å². The van der Waals surface area contributed by atoms with Crippen molar-refractivity contribution in [3.63, 3.8) is 0 Å². The van der Waals surface area contributed by atoms with Crippen molar-refractivity contribution >= 4 is 29.1 Å². The zero-order valence-corrected chi connectivity index (χ0v) is 14.1. The van der Waals surface area contributed by atoms with Gasteiger partial charge in [-0.05, 0) is 31.4 Å². The van der Waals surface area contributed by atoms with E-state index in [0.717, 1.165) is 12.8 Å². The number of benzene rings is 1. The quantitative estimate of drug-likeness (QED) is 0.865. The molecule has 1 aromatic heterocycles.